The summed E-state index contributed by atoms with van der Waals surface area (Å²) in [5.74, 6) is -0.372. The van der Waals surface area contributed by atoms with Crippen LogP contribution < -0.4 is 5.43 Å². The fourth-order valence-corrected chi connectivity index (χ4v) is 1.93. The van der Waals surface area contributed by atoms with Crippen LogP contribution in [0.2, 0.25) is 0 Å². The molecule has 2 rings (SSSR count). The van der Waals surface area contributed by atoms with Crippen LogP contribution in [0.25, 0.3) is 0 Å². The molecule has 2 aromatic rings. The number of hydrogen-bond acceptors (Lipinski definition) is 5. The van der Waals surface area contributed by atoms with Gasteiger partial charge in [0.1, 0.15) is 5.69 Å². The molecule has 0 bridgehead atoms. The molecular formula is C11H10N4OS. The number of hydrazone groups is 1. The van der Waals surface area contributed by atoms with E-state index in [9.17, 15) is 4.79 Å². The first-order chi connectivity index (χ1) is 8.27. The Balaban J connectivity index is 1.97. The monoisotopic (exact) mass is 246 g/mol. The molecule has 0 aliphatic heterocycles. The predicted octanol–water partition coefficient (Wildman–Crippen LogP) is 1.61. The van der Waals surface area contributed by atoms with E-state index in [4.69, 9.17) is 0 Å². The number of aromatic nitrogens is 2. The molecular weight excluding hydrogens is 236 g/mol. The second-order valence-electron chi connectivity index (χ2n) is 3.26. The van der Waals surface area contributed by atoms with Gasteiger partial charge in [-0.05, 0) is 23.9 Å². The highest BCUT2D eigenvalue weighted by molar-refractivity contribution is 7.11. The molecule has 0 saturated carbocycles. The predicted molar refractivity (Wildman–Crippen MR) is 66.1 cm³/mol. The lowest BCUT2D eigenvalue weighted by molar-refractivity contribution is 0.0950. The molecule has 0 unspecified atom stereocenters. The van der Waals surface area contributed by atoms with Crippen molar-refractivity contribution in [2.75, 3.05) is 0 Å². The summed E-state index contributed by atoms with van der Waals surface area (Å²) in [6, 6.07) is 2.00. The third-order valence-corrected chi connectivity index (χ3v) is 3.00. The van der Waals surface area contributed by atoms with E-state index in [0.29, 0.717) is 0 Å². The van der Waals surface area contributed by atoms with Gasteiger partial charge in [0.15, 0.2) is 0 Å². The van der Waals surface area contributed by atoms with Crippen LogP contribution in [0.15, 0.2) is 35.1 Å². The molecule has 2 heterocycles. The fourth-order valence-electron chi connectivity index (χ4n) is 1.14. The molecule has 86 valence electrons. The SMILES string of the molecule is Cc1ccsc1/C=N/NC(=O)c1cnccn1. The Bertz CT molecular complexity index is 535. The Labute approximate surface area is 102 Å². The fraction of sp³-hybridized carbons (Fsp3) is 0.0909. The third kappa shape index (κ3) is 2.94. The largest absolute Gasteiger partial charge is 0.291 e. The van der Waals surface area contributed by atoms with Crippen molar-refractivity contribution < 1.29 is 4.79 Å². The summed E-state index contributed by atoms with van der Waals surface area (Å²) >= 11 is 1.57. The zero-order valence-electron chi connectivity index (χ0n) is 9.12. The van der Waals surface area contributed by atoms with Crippen LogP contribution >= 0.6 is 11.3 Å². The van der Waals surface area contributed by atoms with E-state index >= 15 is 0 Å². The van der Waals surface area contributed by atoms with Gasteiger partial charge in [0.25, 0.3) is 5.91 Å². The lowest BCUT2D eigenvalue weighted by Crippen LogP contribution is -2.18. The topological polar surface area (TPSA) is 67.2 Å². The number of carbonyl (C=O) groups is 1. The summed E-state index contributed by atoms with van der Waals surface area (Å²) in [6.45, 7) is 1.99. The molecule has 0 saturated heterocycles. The van der Waals surface area contributed by atoms with Gasteiger partial charge in [-0.25, -0.2) is 10.4 Å². The Kier molecular flexibility index (Phi) is 3.56. The van der Waals surface area contributed by atoms with Crippen LogP contribution in [-0.2, 0) is 0 Å². The molecule has 0 aliphatic rings. The first-order valence-electron chi connectivity index (χ1n) is 4.91. The first kappa shape index (κ1) is 11.4. The van der Waals surface area contributed by atoms with Crippen molar-refractivity contribution in [1.29, 1.82) is 0 Å². The summed E-state index contributed by atoms with van der Waals surface area (Å²) in [5.41, 5.74) is 3.77. The summed E-state index contributed by atoms with van der Waals surface area (Å²) in [4.78, 5) is 20.2. The van der Waals surface area contributed by atoms with Gasteiger partial charge in [-0.15, -0.1) is 11.3 Å². The average Bonchev–Trinajstić information content (AvgIpc) is 2.76. The van der Waals surface area contributed by atoms with E-state index in [2.05, 4.69) is 20.5 Å². The molecule has 0 aromatic carbocycles. The molecule has 0 radical (unpaired) electrons. The molecule has 1 amide bonds. The van der Waals surface area contributed by atoms with Gasteiger partial charge in [-0.1, -0.05) is 0 Å². The van der Waals surface area contributed by atoms with Crippen LogP contribution in [0.5, 0.6) is 0 Å². The van der Waals surface area contributed by atoms with E-state index in [1.165, 1.54) is 18.6 Å². The van der Waals surface area contributed by atoms with Gasteiger partial charge in [0.05, 0.1) is 12.4 Å². The number of rotatable bonds is 3. The number of carbonyl (C=O) groups excluding carboxylic acids is 1. The van der Waals surface area contributed by atoms with E-state index < -0.39 is 0 Å². The Hall–Kier alpha value is -2.08. The maximum Gasteiger partial charge on any atom is 0.291 e. The smallest absolute Gasteiger partial charge is 0.265 e. The molecule has 0 aliphatic carbocycles. The summed E-state index contributed by atoms with van der Waals surface area (Å²) in [7, 11) is 0. The van der Waals surface area contributed by atoms with Crippen molar-refractivity contribution in [3.8, 4) is 0 Å². The molecule has 6 heteroatoms. The molecule has 1 N–H and O–H groups in total. The lowest BCUT2D eigenvalue weighted by Gasteiger charge is -1.96. The number of thiophene rings is 1. The minimum atomic E-state index is -0.372. The van der Waals surface area contributed by atoms with E-state index in [1.807, 2.05) is 18.4 Å². The maximum absolute atomic E-state index is 11.5. The Morgan fingerprint density at radius 3 is 3.06 bits per heavy atom. The van der Waals surface area contributed by atoms with Gasteiger partial charge in [0.2, 0.25) is 0 Å². The third-order valence-electron chi connectivity index (χ3n) is 2.05. The van der Waals surface area contributed by atoms with Crippen LogP contribution in [-0.4, -0.2) is 22.1 Å². The maximum atomic E-state index is 11.5. The summed E-state index contributed by atoms with van der Waals surface area (Å²) in [5, 5.41) is 5.84. The van der Waals surface area contributed by atoms with Crippen molar-refractivity contribution in [3.63, 3.8) is 0 Å². The minimum Gasteiger partial charge on any atom is -0.265 e. The van der Waals surface area contributed by atoms with E-state index in [-0.39, 0.29) is 11.6 Å². The highest BCUT2D eigenvalue weighted by Crippen LogP contribution is 2.12. The molecule has 5 nitrogen and oxygen atoms in total. The van der Waals surface area contributed by atoms with Crippen molar-refractivity contribution in [2.45, 2.75) is 6.92 Å². The minimum absolute atomic E-state index is 0.243. The summed E-state index contributed by atoms with van der Waals surface area (Å²) in [6.07, 6.45) is 5.98. The standard InChI is InChI=1S/C11H10N4OS/c1-8-2-5-17-10(8)7-14-15-11(16)9-6-12-3-4-13-9/h2-7H,1H3,(H,15,16)/b14-7+. The number of nitrogens with one attached hydrogen (secondary N) is 1. The van der Waals surface area contributed by atoms with Gasteiger partial charge in [0, 0.05) is 17.3 Å². The van der Waals surface area contributed by atoms with E-state index in [0.717, 1.165) is 10.4 Å². The zero-order valence-corrected chi connectivity index (χ0v) is 9.94. The van der Waals surface area contributed by atoms with Crippen LogP contribution in [0, 0.1) is 6.92 Å². The van der Waals surface area contributed by atoms with Gasteiger partial charge in [-0.2, -0.15) is 5.10 Å². The number of aryl methyl sites for hydroxylation is 1. The molecule has 2 aromatic heterocycles. The Morgan fingerprint density at radius 1 is 1.53 bits per heavy atom. The second kappa shape index (κ2) is 5.31. The summed E-state index contributed by atoms with van der Waals surface area (Å²) < 4.78 is 0. The molecule has 0 spiro atoms. The number of nitrogens with zero attached hydrogens (tertiary/aromatic N) is 3. The highest BCUT2D eigenvalue weighted by atomic mass is 32.1. The van der Waals surface area contributed by atoms with Crippen molar-refractivity contribution in [2.24, 2.45) is 5.10 Å². The van der Waals surface area contributed by atoms with Gasteiger partial charge in [-0.3, -0.25) is 9.78 Å². The van der Waals surface area contributed by atoms with Gasteiger partial charge < -0.3 is 0 Å². The van der Waals surface area contributed by atoms with Crippen LogP contribution in [0.1, 0.15) is 20.9 Å². The van der Waals surface area contributed by atoms with E-state index in [1.54, 1.807) is 17.6 Å². The molecule has 0 fully saturated rings. The number of amides is 1. The normalized spacial score (nSPS) is 10.6. The molecule has 0 atom stereocenters. The van der Waals surface area contributed by atoms with Crippen molar-refractivity contribution in [3.05, 3.63) is 46.2 Å². The quantitative estimate of drug-likeness (QED) is 0.661. The van der Waals surface area contributed by atoms with Crippen LogP contribution in [0.3, 0.4) is 0 Å². The van der Waals surface area contributed by atoms with Gasteiger partial charge >= 0.3 is 0 Å². The lowest BCUT2D eigenvalue weighted by atomic mass is 10.3. The van der Waals surface area contributed by atoms with Crippen molar-refractivity contribution >= 4 is 23.5 Å². The number of hydrogen-bond donors (Lipinski definition) is 1. The highest BCUT2D eigenvalue weighted by Gasteiger charge is 2.04. The second-order valence-corrected chi connectivity index (χ2v) is 4.21. The first-order valence-corrected chi connectivity index (χ1v) is 5.79. The molecule has 17 heavy (non-hydrogen) atoms. The zero-order chi connectivity index (χ0) is 12.1. The average molecular weight is 246 g/mol. The van der Waals surface area contributed by atoms with Crippen LogP contribution in [0.4, 0.5) is 0 Å². The van der Waals surface area contributed by atoms with Crippen molar-refractivity contribution in [1.82, 2.24) is 15.4 Å². The Morgan fingerprint density at radius 2 is 2.41 bits per heavy atom.